The molecule has 0 rings (SSSR count). The molecule has 0 aliphatic rings. The van der Waals surface area contributed by atoms with Gasteiger partial charge < -0.3 is 14.9 Å². The Bertz CT molecular complexity index is 323. The monoisotopic (exact) mass is 334 g/mol. The van der Waals surface area contributed by atoms with Crippen LogP contribution in [0, 0.1) is 0 Å². The highest BCUT2D eigenvalue weighted by molar-refractivity contribution is 8.78. The van der Waals surface area contributed by atoms with Gasteiger partial charge in [-0.3, -0.25) is 4.79 Å². The van der Waals surface area contributed by atoms with Crippen LogP contribution >= 0.6 is 21.6 Å². The molecule has 21 heavy (non-hydrogen) atoms. The van der Waals surface area contributed by atoms with Gasteiger partial charge in [0.15, 0.2) is 0 Å². The maximum absolute atomic E-state index is 11.3. The number of likely N-dealkylation sites (N-methyl/N-ethyl adjacent to an activating group) is 1. The Morgan fingerprint density at radius 3 is 2.48 bits per heavy atom. The highest BCUT2D eigenvalue weighted by Crippen LogP contribution is 2.38. The van der Waals surface area contributed by atoms with Crippen LogP contribution in [0.25, 0.3) is 0 Å². The molecule has 0 aliphatic heterocycles. The molecule has 4 nitrogen and oxygen atoms in total. The molecule has 0 aromatic heterocycles. The van der Waals surface area contributed by atoms with E-state index in [-0.39, 0.29) is 6.61 Å². The average molecular weight is 335 g/mol. The van der Waals surface area contributed by atoms with E-state index in [1.807, 2.05) is 31.8 Å². The van der Waals surface area contributed by atoms with E-state index >= 15 is 0 Å². The number of aliphatic hydroxyl groups excluding tert-OH is 1. The molecule has 0 saturated carbocycles. The number of nitrogens with zero attached hydrogens (tertiary/aromatic N) is 2. The predicted octanol–water partition coefficient (Wildman–Crippen LogP) is 3.19. The van der Waals surface area contributed by atoms with Gasteiger partial charge in [0.1, 0.15) is 0 Å². The van der Waals surface area contributed by atoms with Crippen LogP contribution in [0.4, 0.5) is 0 Å². The van der Waals surface area contributed by atoms with Gasteiger partial charge in [-0.05, 0) is 27.4 Å². The number of aliphatic hydroxyl groups is 1. The van der Waals surface area contributed by atoms with Crippen molar-refractivity contribution in [2.45, 2.75) is 45.3 Å². The first-order chi connectivity index (χ1) is 9.96. The third-order valence-corrected chi connectivity index (χ3v) is 6.34. The highest BCUT2D eigenvalue weighted by atomic mass is 33.1. The molecule has 0 fully saturated rings. The first-order valence-electron chi connectivity index (χ1n) is 7.46. The van der Waals surface area contributed by atoms with Crippen LogP contribution in [-0.4, -0.2) is 60.4 Å². The molecule has 0 saturated heterocycles. The minimum absolute atomic E-state index is 0.114. The van der Waals surface area contributed by atoms with Crippen molar-refractivity contribution < 1.29 is 9.90 Å². The first kappa shape index (κ1) is 20.8. The van der Waals surface area contributed by atoms with E-state index in [9.17, 15) is 9.90 Å². The normalized spacial score (nSPS) is 14.0. The zero-order valence-electron chi connectivity index (χ0n) is 14.0. The SMILES string of the molecule is CCCC(C)SS/C(CCO)=C(/C)N(C=O)CCN(C)C. The van der Waals surface area contributed by atoms with Crippen LogP contribution in [0.3, 0.4) is 0 Å². The molecule has 1 unspecified atom stereocenters. The van der Waals surface area contributed by atoms with E-state index in [2.05, 4.69) is 18.7 Å². The van der Waals surface area contributed by atoms with Crippen molar-refractivity contribution in [3.63, 3.8) is 0 Å². The lowest BCUT2D eigenvalue weighted by Gasteiger charge is -2.23. The van der Waals surface area contributed by atoms with Crippen molar-refractivity contribution in [1.29, 1.82) is 0 Å². The summed E-state index contributed by atoms with van der Waals surface area (Å²) in [7, 11) is 7.51. The molecule has 6 heteroatoms. The lowest BCUT2D eigenvalue weighted by molar-refractivity contribution is -0.116. The van der Waals surface area contributed by atoms with Crippen molar-refractivity contribution in [2.24, 2.45) is 0 Å². The minimum Gasteiger partial charge on any atom is -0.396 e. The lowest BCUT2D eigenvalue weighted by Crippen LogP contribution is -2.30. The molecule has 1 N–H and O–H groups in total. The van der Waals surface area contributed by atoms with Crippen LogP contribution in [0.2, 0.25) is 0 Å². The molecule has 0 radical (unpaired) electrons. The van der Waals surface area contributed by atoms with Gasteiger partial charge in [-0.25, -0.2) is 0 Å². The molecule has 0 aliphatic carbocycles. The number of carbonyl (C=O) groups excluding carboxylic acids is 1. The van der Waals surface area contributed by atoms with Crippen molar-refractivity contribution in [3.8, 4) is 0 Å². The fourth-order valence-electron chi connectivity index (χ4n) is 1.75. The molecule has 0 aromatic carbocycles. The highest BCUT2D eigenvalue weighted by Gasteiger charge is 2.13. The molecule has 1 amide bonds. The summed E-state index contributed by atoms with van der Waals surface area (Å²) in [6.45, 7) is 7.98. The molecule has 0 spiro atoms. The van der Waals surface area contributed by atoms with E-state index < -0.39 is 0 Å². The number of rotatable bonds is 12. The zero-order valence-corrected chi connectivity index (χ0v) is 15.6. The van der Waals surface area contributed by atoms with Crippen molar-refractivity contribution in [3.05, 3.63) is 10.6 Å². The number of hydrogen-bond donors (Lipinski definition) is 1. The third kappa shape index (κ3) is 9.45. The number of hydrogen-bond acceptors (Lipinski definition) is 5. The van der Waals surface area contributed by atoms with Gasteiger partial charge in [-0.1, -0.05) is 41.9 Å². The molecule has 1 atom stereocenters. The summed E-state index contributed by atoms with van der Waals surface area (Å²) < 4.78 is 0. The Hall–Kier alpha value is -0.170. The Morgan fingerprint density at radius 2 is 2.00 bits per heavy atom. The minimum atomic E-state index is 0.114. The van der Waals surface area contributed by atoms with Gasteiger partial charge in [0.25, 0.3) is 0 Å². The Balaban J connectivity index is 4.77. The van der Waals surface area contributed by atoms with Crippen molar-refractivity contribution in [2.75, 3.05) is 33.8 Å². The second-order valence-corrected chi connectivity index (χ2v) is 8.10. The van der Waals surface area contributed by atoms with Crippen LogP contribution < -0.4 is 0 Å². The fourth-order valence-corrected chi connectivity index (χ4v) is 4.51. The van der Waals surface area contributed by atoms with E-state index in [0.717, 1.165) is 23.6 Å². The van der Waals surface area contributed by atoms with Crippen molar-refractivity contribution in [1.82, 2.24) is 9.80 Å². The molecule has 0 bridgehead atoms. The summed E-state index contributed by atoms with van der Waals surface area (Å²) >= 11 is 0. The standard InChI is InChI=1S/C15H30N2O2S2/c1-6-7-13(2)20-21-15(8-11-18)14(3)17(12-19)10-9-16(4)5/h12-13,18H,6-11H2,1-5H3/b15-14-. The topological polar surface area (TPSA) is 43.8 Å². The third-order valence-electron chi connectivity index (χ3n) is 3.10. The molecular formula is C15H30N2O2S2. The largest absolute Gasteiger partial charge is 0.396 e. The van der Waals surface area contributed by atoms with Crippen molar-refractivity contribution >= 4 is 28.0 Å². The lowest BCUT2D eigenvalue weighted by atomic mass is 10.3. The molecule has 124 valence electrons. The Kier molecular flexibility index (Phi) is 12.3. The van der Waals surface area contributed by atoms with E-state index in [1.165, 1.54) is 12.8 Å². The van der Waals surface area contributed by atoms with Gasteiger partial charge in [0.05, 0.1) is 0 Å². The summed E-state index contributed by atoms with van der Waals surface area (Å²) in [5.74, 6) is 0. The van der Waals surface area contributed by atoms with E-state index in [0.29, 0.717) is 18.2 Å². The molecule has 0 aromatic rings. The maximum atomic E-state index is 11.3. The number of allylic oxidation sites excluding steroid dienone is 1. The number of carbonyl (C=O) groups is 1. The Morgan fingerprint density at radius 1 is 1.33 bits per heavy atom. The van der Waals surface area contributed by atoms with Gasteiger partial charge in [-0.2, -0.15) is 0 Å². The van der Waals surface area contributed by atoms with E-state index in [1.54, 1.807) is 15.7 Å². The Labute approximate surface area is 137 Å². The van der Waals surface area contributed by atoms with Crippen LogP contribution in [0.1, 0.15) is 40.0 Å². The molecule has 0 heterocycles. The van der Waals surface area contributed by atoms with Gasteiger partial charge in [0, 0.05) is 42.0 Å². The van der Waals surface area contributed by atoms with Gasteiger partial charge in [-0.15, -0.1) is 0 Å². The predicted molar refractivity (Wildman–Crippen MR) is 95.3 cm³/mol. The summed E-state index contributed by atoms with van der Waals surface area (Å²) in [4.78, 5) is 16.2. The van der Waals surface area contributed by atoms with Crippen LogP contribution in [0.15, 0.2) is 10.6 Å². The summed E-state index contributed by atoms with van der Waals surface area (Å²) in [6, 6.07) is 0. The second-order valence-electron chi connectivity index (χ2n) is 5.36. The zero-order chi connectivity index (χ0) is 16.3. The maximum Gasteiger partial charge on any atom is 0.213 e. The second kappa shape index (κ2) is 12.4. The fraction of sp³-hybridized carbons (Fsp3) is 0.800. The quantitative estimate of drug-likeness (QED) is 0.439. The number of amides is 1. The van der Waals surface area contributed by atoms with Gasteiger partial charge >= 0.3 is 0 Å². The van der Waals surface area contributed by atoms with E-state index in [4.69, 9.17) is 0 Å². The summed E-state index contributed by atoms with van der Waals surface area (Å²) in [5.41, 5.74) is 0.960. The van der Waals surface area contributed by atoms with Crippen LogP contribution in [0.5, 0.6) is 0 Å². The molecular weight excluding hydrogens is 304 g/mol. The van der Waals surface area contributed by atoms with Crippen LogP contribution in [-0.2, 0) is 4.79 Å². The smallest absolute Gasteiger partial charge is 0.213 e. The summed E-state index contributed by atoms with van der Waals surface area (Å²) in [5, 5.41) is 9.83. The van der Waals surface area contributed by atoms with Gasteiger partial charge in [0.2, 0.25) is 6.41 Å². The average Bonchev–Trinajstić information content (AvgIpc) is 2.43. The summed E-state index contributed by atoms with van der Waals surface area (Å²) in [6.07, 6.45) is 3.85. The first-order valence-corrected chi connectivity index (χ1v) is 9.68.